The highest BCUT2D eigenvalue weighted by molar-refractivity contribution is 6.31. The minimum absolute atomic E-state index is 0.0492. The van der Waals surface area contributed by atoms with Crippen molar-refractivity contribution in [2.45, 2.75) is 13.8 Å². The van der Waals surface area contributed by atoms with Crippen LogP contribution >= 0.6 is 11.6 Å². The SMILES string of the molecule is Cc1[nH]c(C)c(Cl)c(=O)c1O. The fourth-order valence-corrected chi connectivity index (χ4v) is 0.977. The molecule has 0 atom stereocenters. The fourth-order valence-electron chi connectivity index (χ4n) is 0.840. The maximum atomic E-state index is 11.0. The van der Waals surface area contributed by atoms with Crippen LogP contribution in [-0.4, -0.2) is 10.1 Å². The third kappa shape index (κ3) is 1.24. The summed E-state index contributed by atoms with van der Waals surface area (Å²) >= 11 is 5.55. The van der Waals surface area contributed by atoms with Crippen LogP contribution in [0.5, 0.6) is 5.75 Å². The van der Waals surface area contributed by atoms with E-state index in [4.69, 9.17) is 16.7 Å². The number of rotatable bonds is 0. The smallest absolute Gasteiger partial charge is 0.242 e. The van der Waals surface area contributed by atoms with Gasteiger partial charge in [0.2, 0.25) is 5.43 Å². The van der Waals surface area contributed by atoms with Crippen molar-refractivity contribution in [1.82, 2.24) is 4.98 Å². The van der Waals surface area contributed by atoms with Crippen LogP contribution in [0, 0.1) is 13.8 Å². The molecular formula is C7H8ClNO2. The van der Waals surface area contributed by atoms with Crippen molar-refractivity contribution in [2.24, 2.45) is 0 Å². The standard InChI is InChI=1S/C7H8ClNO2/c1-3-5(8)7(11)6(10)4(2)9-3/h10H,1-2H3,(H,9,11). The zero-order chi connectivity index (χ0) is 8.59. The van der Waals surface area contributed by atoms with Crippen LogP contribution in [0.1, 0.15) is 11.4 Å². The summed E-state index contributed by atoms with van der Waals surface area (Å²) in [5.74, 6) is -0.305. The molecule has 60 valence electrons. The summed E-state index contributed by atoms with van der Waals surface area (Å²) in [7, 11) is 0. The van der Waals surface area contributed by atoms with E-state index in [1.165, 1.54) is 0 Å². The summed E-state index contributed by atoms with van der Waals surface area (Å²) in [6, 6.07) is 0. The van der Waals surface area contributed by atoms with Gasteiger partial charge in [0.25, 0.3) is 0 Å². The van der Waals surface area contributed by atoms with Crippen LogP contribution in [-0.2, 0) is 0 Å². The molecule has 0 aliphatic heterocycles. The number of hydrogen-bond donors (Lipinski definition) is 2. The molecule has 0 aromatic carbocycles. The third-order valence-electron chi connectivity index (χ3n) is 1.47. The molecule has 0 amide bonds. The molecule has 1 rings (SSSR count). The van der Waals surface area contributed by atoms with E-state index >= 15 is 0 Å². The van der Waals surface area contributed by atoms with Crippen LogP contribution in [0.2, 0.25) is 5.02 Å². The first-order chi connectivity index (χ1) is 5.04. The summed E-state index contributed by atoms with van der Waals surface area (Å²) in [5, 5.41) is 9.13. The Morgan fingerprint density at radius 3 is 2.45 bits per heavy atom. The van der Waals surface area contributed by atoms with Crippen molar-refractivity contribution < 1.29 is 5.11 Å². The van der Waals surface area contributed by atoms with Gasteiger partial charge in [-0.1, -0.05) is 11.6 Å². The average molecular weight is 174 g/mol. The molecule has 3 nitrogen and oxygen atoms in total. The molecule has 1 heterocycles. The predicted octanol–water partition coefficient (Wildman–Crippen LogP) is 1.35. The van der Waals surface area contributed by atoms with Crippen molar-refractivity contribution >= 4 is 11.6 Å². The molecule has 1 aromatic heterocycles. The summed E-state index contributed by atoms with van der Waals surface area (Å²) in [4.78, 5) is 13.8. The normalized spacial score (nSPS) is 10.1. The number of aromatic amines is 1. The highest BCUT2D eigenvalue weighted by Gasteiger charge is 2.08. The van der Waals surface area contributed by atoms with E-state index in [0.29, 0.717) is 11.4 Å². The minimum atomic E-state index is -0.514. The number of aromatic hydroxyl groups is 1. The Kier molecular flexibility index (Phi) is 1.91. The van der Waals surface area contributed by atoms with Gasteiger partial charge in [0.05, 0.1) is 5.69 Å². The summed E-state index contributed by atoms with van der Waals surface area (Å²) in [6.45, 7) is 3.29. The maximum absolute atomic E-state index is 11.0. The van der Waals surface area contributed by atoms with Gasteiger partial charge in [0.1, 0.15) is 5.02 Å². The summed E-state index contributed by atoms with van der Waals surface area (Å²) in [5.41, 5.74) is 0.504. The minimum Gasteiger partial charge on any atom is -0.503 e. The van der Waals surface area contributed by atoms with Crippen molar-refractivity contribution in [3.8, 4) is 5.75 Å². The van der Waals surface area contributed by atoms with E-state index in [0.717, 1.165) is 0 Å². The average Bonchev–Trinajstić information content (AvgIpc) is 1.97. The largest absolute Gasteiger partial charge is 0.503 e. The molecule has 11 heavy (non-hydrogen) atoms. The lowest BCUT2D eigenvalue weighted by atomic mass is 10.3. The quantitative estimate of drug-likeness (QED) is 0.622. The number of nitrogens with one attached hydrogen (secondary N) is 1. The first-order valence-corrected chi connectivity index (χ1v) is 3.49. The number of halogens is 1. The summed E-state index contributed by atoms with van der Waals surface area (Å²) in [6.07, 6.45) is 0. The second-order valence-electron chi connectivity index (χ2n) is 2.37. The lowest BCUT2D eigenvalue weighted by Gasteiger charge is -2.01. The van der Waals surface area contributed by atoms with Crippen LogP contribution in [0.3, 0.4) is 0 Å². The number of hydrogen-bond acceptors (Lipinski definition) is 2. The van der Waals surface area contributed by atoms with E-state index in [-0.39, 0.29) is 10.8 Å². The van der Waals surface area contributed by atoms with Gasteiger partial charge < -0.3 is 10.1 Å². The van der Waals surface area contributed by atoms with Gasteiger partial charge in [-0.3, -0.25) is 4.79 Å². The van der Waals surface area contributed by atoms with Crippen LogP contribution < -0.4 is 5.43 Å². The Labute approximate surface area is 68.6 Å². The molecule has 0 aliphatic carbocycles. The molecule has 4 heteroatoms. The van der Waals surface area contributed by atoms with E-state index in [1.807, 2.05) is 0 Å². The van der Waals surface area contributed by atoms with Gasteiger partial charge >= 0.3 is 0 Å². The molecular weight excluding hydrogens is 166 g/mol. The Morgan fingerprint density at radius 1 is 1.36 bits per heavy atom. The highest BCUT2D eigenvalue weighted by atomic mass is 35.5. The van der Waals surface area contributed by atoms with Gasteiger partial charge in [-0.25, -0.2) is 0 Å². The molecule has 0 saturated carbocycles. The molecule has 0 radical (unpaired) electrons. The zero-order valence-corrected chi connectivity index (χ0v) is 6.99. The van der Waals surface area contributed by atoms with Crippen molar-refractivity contribution in [3.05, 3.63) is 26.6 Å². The Hall–Kier alpha value is -0.960. The van der Waals surface area contributed by atoms with Crippen LogP contribution in [0.25, 0.3) is 0 Å². The zero-order valence-electron chi connectivity index (χ0n) is 6.23. The van der Waals surface area contributed by atoms with E-state index in [9.17, 15) is 4.79 Å². The second-order valence-corrected chi connectivity index (χ2v) is 2.74. The molecule has 0 unspecified atom stereocenters. The van der Waals surface area contributed by atoms with Gasteiger partial charge in [-0.2, -0.15) is 0 Å². The Balaban J connectivity index is 3.59. The summed E-state index contributed by atoms with van der Waals surface area (Å²) < 4.78 is 0. The fraction of sp³-hybridized carbons (Fsp3) is 0.286. The lowest BCUT2D eigenvalue weighted by Crippen LogP contribution is -2.06. The third-order valence-corrected chi connectivity index (χ3v) is 1.93. The first kappa shape index (κ1) is 8.14. The Bertz CT molecular complexity index is 314. The molecule has 0 aliphatic rings. The van der Waals surface area contributed by atoms with Gasteiger partial charge in [-0.15, -0.1) is 0 Å². The molecule has 0 saturated heterocycles. The van der Waals surface area contributed by atoms with Gasteiger partial charge in [0, 0.05) is 5.69 Å². The van der Waals surface area contributed by atoms with E-state index in [1.54, 1.807) is 13.8 Å². The molecule has 0 fully saturated rings. The van der Waals surface area contributed by atoms with Gasteiger partial charge in [0.15, 0.2) is 5.75 Å². The highest BCUT2D eigenvalue weighted by Crippen LogP contribution is 2.14. The number of aromatic nitrogens is 1. The maximum Gasteiger partial charge on any atom is 0.242 e. The molecule has 1 aromatic rings. The molecule has 0 bridgehead atoms. The lowest BCUT2D eigenvalue weighted by molar-refractivity contribution is 0.462. The van der Waals surface area contributed by atoms with E-state index < -0.39 is 5.43 Å². The van der Waals surface area contributed by atoms with Gasteiger partial charge in [-0.05, 0) is 13.8 Å². The number of pyridine rings is 1. The first-order valence-electron chi connectivity index (χ1n) is 3.12. The monoisotopic (exact) mass is 173 g/mol. The second kappa shape index (κ2) is 2.58. The van der Waals surface area contributed by atoms with Crippen molar-refractivity contribution in [2.75, 3.05) is 0 Å². The van der Waals surface area contributed by atoms with Crippen molar-refractivity contribution in [1.29, 1.82) is 0 Å². The predicted molar refractivity (Wildman–Crippen MR) is 43.2 cm³/mol. The van der Waals surface area contributed by atoms with E-state index in [2.05, 4.69) is 4.98 Å². The number of H-pyrrole nitrogens is 1. The Morgan fingerprint density at radius 2 is 1.91 bits per heavy atom. The molecule has 2 N–H and O–H groups in total. The topological polar surface area (TPSA) is 53.1 Å². The van der Waals surface area contributed by atoms with Crippen molar-refractivity contribution in [3.63, 3.8) is 0 Å². The van der Waals surface area contributed by atoms with Crippen LogP contribution in [0.4, 0.5) is 0 Å². The molecule has 0 spiro atoms. The number of aryl methyl sites for hydroxylation is 2. The van der Waals surface area contributed by atoms with Crippen LogP contribution in [0.15, 0.2) is 4.79 Å².